The largest absolute Gasteiger partial charge is 0.377 e. The van der Waals surface area contributed by atoms with E-state index in [1.54, 1.807) is 0 Å². The van der Waals surface area contributed by atoms with Crippen molar-refractivity contribution in [1.29, 1.82) is 0 Å². The van der Waals surface area contributed by atoms with E-state index in [1.807, 2.05) is 13.8 Å². The zero-order valence-corrected chi connectivity index (χ0v) is 5.44. The lowest BCUT2D eigenvalue weighted by molar-refractivity contribution is 0.192. The van der Waals surface area contributed by atoms with Gasteiger partial charge in [0, 0.05) is 0 Å². The van der Waals surface area contributed by atoms with E-state index in [-0.39, 0.29) is 5.92 Å². The van der Waals surface area contributed by atoms with E-state index in [1.165, 1.54) is 0 Å². The highest BCUT2D eigenvalue weighted by Crippen LogP contribution is 2.09. The topological polar surface area (TPSA) is 20.2 Å². The van der Waals surface area contributed by atoms with Gasteiger partial charge in [-0.2, -0.15) is 0 Å². The molecule has 0 aliphatic rings. The summed E-state index contributed by atoms with van der Waals surface area (Å²) in [5.41, 5.74) is -0.662. The average molecular weight is 123 g/mol. The molecule has 0 aliphatic heterocycles. The highest BCUT2D eigenvalue weighted by Gasteiger charge is 2.05. The molecule has 0 rings (SSSR count). The Morgan fingerprint density at radius 2 is 2.14 bits per heavy atom. The van der Waals surface area contributed by atoms with E-state index in [0.29, 0.717) is 0 Å². The molecule has 1 nitrogen and oxygen atoms in total. The van der Waals surface area contributed by atoms with E-state index in [9.17, 15) is 0 Å². The van der Waals surface area contributed by atoms with Crippen molar-refractivity contribution in [3.63, 3.8) is 0 Å². The zero-order chi connectivity index (χ0) is 5.86. The second-order valence-corrected chi connectivity index (χ2v) is 2.21. The Balaban J connectivity index is 3.14. The summed E-state index contributed by atoms with van der Waals surface area (Å²) in [5, 5.41) is 8.59. The minimum absolute atomic E-state index is 0.224. The molecule has 0 spiro atoms. The number of hydrogen-bond donors (Lipinski definition) is 1. The van der Waals surface area contributed by atoms with Crippen LogP contribution in [0.4, 0.5) is 0 Å². The quantitative estimate of drug-likeness (QED) is 0.552. The fourth-order valence-electron chi connectivity index (χ4n) is 0.194. The molecule has 0 aliphatic carbocycles. The van der Waals surface area contributed by atoms with E-state index in [4.69, 9.17) is 16.7 Å². The first-order chi connectivity index (χ1) is 3.18. The maximum atomic E-state index is 8.59. The van der Waals surface area contributed by atoms with Crippen molar-refractivity contribution in [1.82, 2.24) is 0 Å². The van der Waals surface area contributed by atoms with Crippen LogP contribution in [0.15, 0.2) is 0 Å². The molecule has 2 atom stereocenters. The molecule has 0 aromatic carbocycles. The molecule has 2 heteroatoms. The Morgan fingerprint density at radius 3 is 2.14 bits per heavy atom. The van der Waals surface area contributed by atoms with Crippen molar-refractivity contribution in [2.75, 3.05) is 0 Å². The molecule has 0 amide bonds. The van der Waals surface area contributed by atoms with Gasteiger partial charge >= 0.3 is 0 Å². The maximum absolute atomic E-state index is 8.59. The van der Waals surface area contributed by atoms with Crippen LogP contribution in [0.1, 0.15) is 20.3 Å². The summed E-state index contributed by atoms with van der Waals surface area (Å²) in [6.07, 6.45) is 0.935. The van der Waals surface area contributed by atoms with Crippen LogP contribution in [0.5, 0.6) is 0 Å². The van der Waals surface area contributed by atoms with Gasteiger partial charge in [-0.25, -0.2) is 0 Å². The summed E-state index contributed by atoms with van der Waals surface area (Å²) in [5.74, 6) is 0.224. The van der Waals surface area contributed by atoms with Gasteiger partial charge in [0.2, 0.25) is 0 Å². The molecular weight excluding hydrogens is 112 g/mol. The van der Waals surface area contributed by atoms with Crippen molar-refractivity contribution >= 4 is 11.6 Å². The van der Waals surface area contributed by atoms with Gasteiger partial charge in [0.05, 0.1) is 0 Å². The Bertz CT molecular complexity index is 45.3. The zero-order valence-electron chi connectivity index (χ0n) is 4.69. The summed E-state index contributed by atoms with van der Waals surface area (Å²) in [6.45, 7) is 3.91. The lowest BCUT2D eigenvalue weighted by atomic mass is 10.1. The summed E-state index contributed by atoms with van der Waals surface area (Å²) in [6, 6.07) is 0. The van der Waals surface area contributed by atoms with Crippen LogP contribution in [0, 0.1) is 5.92 Å². The first-order valence-corrected chi connectivity index (χ1v) is 2.94. The molecule has 0 heterocycles. The molecular formula is C5H11ClO. The third kappa shape index (κ3) is 2.89. The monoisotopic (exact) mass is 122 g/mol. The van der Waals surface area contributed by atoms with E-state index in [0.717, 1.165) is 6.42 Å². The van der Waals surface area contributed by atoms with Crippen LogP contribution in [0.2, 0.25) is 0 Å². The Labute approximate surface area is 49.3 Å². The molecule has 0 bridgehead atoms. The SMILES string of the molecule is CCC(C)C(O)Cl. The normalized spacial score (nSPS) is 18.9. The molecule has 2 unspecified atom stereocenters. The van der Waals surface area contributed by atoms with Gasteiger partial charge in [0.15, 0.2) is 0 Å². The van der Waals surface area contributed by atoms with Gasteiger partial charge in [-0.15, -0.1) is 0 Å². The molecule has 0 radical (unpaired) electrons. The van der Waals surface area contributed by atoms with E-state index < -0.39 is 5.56 Å². The molecule has 0 aromatic rings. The summed E-state index contributed by atoms with van der Waals surface area (Å²) >= 11 is 5.28. The van der Waals surface area contributed by atoms with Gasteiger partial charge in [-0.1, -0.05) is 25.4 Å². The number of aliphatic hydroxyl groups is 1. The van der Waals surface area contributed by atoms with E-state index >= 15 is 0 Å². The summed E-state index contributed by atoms with van der Waals surface area (Å²) in [4.78, 5) is 0. The lowest BCUT2D eigenvalue weighted by Gasteiger charge is -2.07. The highest BCUT2D eigenvalue weighted by atomic mass is 35.5. The first-order valence-electron chi connectivity index (χ1n) is 2.50. The number of hydrogen-bond acceptors (Lipinski definition) is 1. The fourth-order valence-corrected chi connectivity index (χ4v) is 0.373. The summed E-state index contributed by atoms with van der Waals surface area (Å²) in [7, 11) is 0. The molecule has 0 saturated carbocycles. The Kier molecular flexibility index (Phi) is 3.39. The standard InChI is InChI=1S/C5H11ClO/c1-3-4(2)5(6)7/h4-5,7H,3H2,1-2H3. The highest BCUT2D eigenvalue weighted by molar-refractivity contribution is 6.19. The molecule has 44 valence electrons. The first kappa shape index (κ1) is 7.25. The van der Waals surface area contributed by atoms with Crippen molar-refractivity contribution in [3.05, 3.63) is 0 Å². The van der Waals surface area contributed by atoms with Crippen LogP contribution < -0.4 is 0 Å². The number of alkyl halides is 1. The van der Waals surface area contributed by atoms with Crippen molar-refractivity contribution < 1.29 is 5.11 Å². The molecule has 1 N–H and O–H groups in total. The predicted molar refractivity (Wildman–Crippen MR) is 31.3 cm³/mol. The van der Waals surface area contributed by atoms with Crippen LogP contribution in [-0.4, -0.2) is 10.7 Å². The third-order valence-corrected chi connectivity index (χ3v) is 1.54. The molecule has 7 heavy (non-hydrogen) atoms. The fraction of sp³-hybridized carbons (Fsp3) is 1.00. The average Bonchev–Trinajstić information content (AvgIpc) is 1.65. The number of aliphatic hydroxyl groups excluding tert-OH is 1. The summed E-state index contributed by atoms with van der Waals surface area (Å²) < 4.78 is 0. The van der Waals surface area contributed by atoms with Crippen LogP contribution in [0.25, 0.3) is 0 Å². The van der Waals surface area contributed by atoms with Gasteiger partial charge in [0.25, 0.3) is 0 Å². The third-order valence-electron chi connectivity index (χ3n) is 1.11. The smallest absolute Gasteiger partial charge is 0.130 e. The van der Waals surface area contributed by atoms with Gasteiger partial charge < -0.3 is 5.11 Å². The minimum atomic E-state index is -0.662. The van der Waals surface area contributed by atoms with Crippen molar-refractivity contribution in [3.8, 4) is 0 Å². The van der Waals surface area contributed by atoms with Gasteiger partial charge in [0.1, 0.15) is 5.56 Å². The Morgan fingerprint density at radius 1 is 1.71 bits per heavy atom. The van der Waals surface area contributed by atoms with E-state index in [2.05, 4.69) is 0 Å². The predicted octanol–water partition coefficient (Wildman–Crippen LogP) is 1.59. The van der Waals surface area contributed by atoms with Crippen molar-refractivity contribution in [2.24, 2.45) is 5.92 Å². The van der Waals surface area contributed by atoms with Gasteiger partial charge in [-0.3, -0.25) is 0 Å². The second-order valence-electron chi connectivity index (χ2n) is 1.76. The van der Waals surface area contributed by atoms with Crippen LogP contribution in [-0.2, 0) is 0 Å². The number of halogens is 1. The van der Waals surface area contributed by atoms with Gasteiger partial charge in [-0.05, 0) is 12.3 Å². The Hall–Kier alpha value is 0.250. The molecule has 0 saturated heterocycles. The van der Waals surface area contributed by atoms with Crippen LogP contribution >= 0.6 is 11.6 Å². The lowest BCUT2D eigenvalue weighted by Crippen LogP contribution is -2.07. The maximum Gasteiger partial charge on any atom is 0.130 e. The molecule has 0 fully saturated rings. The second kappa shape index (κ2) is 3.28. The minimum Gasteiger partial charge on any atom is -0.377 e. The molecule has 0 aromatic heterocycles. The van der Waals surface area contributed by atoms with Crippen molar-refractivity contribution in [2.45, 2.75) is 25.8 Å². The number of rotatable bonds is 2. The van der Waals surface area contributed by atoms with Crippen LogP contribution in [0.3, 0.4) is 0 Å².